The zero-order chi connectivity index (χ0) is 25.2. The van der Waals surface area contributed by atoms with Gasteiger partial charge in [-0.05, 0) is 48.4 Å². The molecule has 0 atom stereocenters. The molecule has 3 aromatic rings. The Morgan fingerprint density at radius 3 is 2.17 bits per heavy atom. The Morgan fingerprint density at radius 2 is 1.57 bits per heavy atom. The highest BCUT2D eigenvalue weighted by molar-refractivity contribution is 7.92. The molecule has 1 N–H and O–H groups in total. The number of carbonyl (C=O) groups is 2. The number of halogens is 1. The van der Waals surface area contributed by atoms with Crippen molar-refractivity contribution in [3.05, 3.63) is 83.2 Å². The van der Waals surface area contributed by atoms with Crippen LogP contribution in [0.5, 0.6) is 17.2 Å². The zero-order valence-corrected chi connectivity index (χ0v) is 19.9. The van der Waals surface area contributed by atoms with Gasteiger partial charge in [-0.3, -0.25) is 19.2 Å². The van der Waals surface area contributed by atoms with Crippen LogP contribution in [0.1, 0.15) is 33.2 Å². The number of nitrogens with one attached hydrogen (secondary N) is 1. The van der Waals surface area contributed by atoms with E-state index in [2.05, 4.69) is 4.72 Å². The first-order valence-electron chi connectivity index (χ1n) is 10.8. The summed E-state index contributed by atoms with van der Waals surface area (Å²) in [6, 6.07) is 15.2. The average Bonchev–Trinajstić information content (AvgIpc) is 3.09. The fraction of sp³-hybridized carbons (Fsp3) is 0.200. The van der Waals surface area contributed by atoms with Crippen LogP contribution in [0.4, 0.5) is 10.1 Å². The Balaban J connectivity index is 1.42. The first-order valence-corrected chi connectivity index (χ1v) is 12.5. The van der Waals surface area contributed by atoms with Crippen LogP contribution in [0.15, 0.2) is 60.7 Å². The van der Waals surface area contributed by atoms with Crippen LogP contribution < -0.4 is 14.2 Å². The summed E-state index contributed by atoms with van der Waals surface area (Å²) in [5.74, 6) is -1.76. The lowest BCUT2D eigenvalue weighted by Gasteiger charge is -2.15. The van der Waals surface area contributed by atoms with Crippen molar-refractivity contribution in [3.63, 3.8) is 0 Å². The molecule has 0 saturated heterocycles. The lowest BCUT2D eigenvalue weighted by molar-refractivity contribution is 0.0664. The maximum atomic E-state index is 14.7. The number of carbonyl (C=O) groups excluding carboxylic acids is 2. The third kappa shape index (κ3) is 5.12. The maximum absolute atomic E-state index is 14.7. The molecule has 0 unspecified atom stereocenters. The van der Waals surface area contributed by atoms with Gasteiger partial charge in [-0.25, -0.2) is 12.8 Å². The molecule has 3 aromatic carbocycles. The molecule has 2 amide bonds. The highest BCUT2D eigenvalue weighted by atomic mass is 32.2. The molecule has 1 heterocycles. The molecule has 4 rings (SSSR count). The number of rotatable bonds is 9. The standard InChI is InChI=1S/C25H23FN2O6S/c1-3-16-8-10-22(23(14-16)33-2)34-21-11-9-17(15-20(21)26)27-35(31,32)13-12-28-24(29)18-6-4-5-7-19(18)25(28)30/h4-11,14-15,27H,3,12-13H2,1-2H3. The van der Waals surface area contributed by atoms with E-state index in [1.807, 2.05) is 13.0 Å². The van der Waals surface area contributed by atoms with Crippen molar-refractivity contribution >= 4 is 27.5 Å². The van der Waals surface area contributed by atoms with Crippen LogP contribution in [-0.4, -0.2) is 44.5 Å². The molecule has 0 aliphatic carbocycles. The second-order valence-electron chi connectivity index (χ2n) is 7.81. The van der Waals surface area contributed by atoms with Gasteiger partial charge in [0.15, 0.2) is 23.1 Å². The summed E-state index contributed by atoms with van der Waals surface area (Å²) in [5.41, 5.74) is 1.48. The fourth-order valence-corrected chi connectivity index (χ4v) is 4.68. The summed E-state index contributed by atoms with van der Waals surface area (Å²) in [4.78, 5) is 25.7. The van der Waals surface area contributed by atoms with Crippen molar-refractivity contribution in [1.29, 1.82) is 0 Å². The molecule has 0 fully saturated rings. The van der Waals surface area contributed by atoms with E-state index in [4.69, 9.17) is 9.47 Å². The van der Waals surface area contributed by atoms with Crippen molar-refractivity contribution in [2.24, 2.45) is 0 Å². The van der Waals surface area contributed by atoms with Crippen molar-refractivity contribution in [1.82, 2.24) is 4.90 Å². The molecule has 0 saturated carbocycles. The van der Waals surface area contributed by atoms with Gasteiger partial charge in [-0.1, -0.05) is 25.1 Å². The second-order valence-corrected chi connectivity index (χ2v) is 9.66. The largest absolute Gasteiger partial charge is 0.493 e. The van der Waals surface area contributed by atoms with E-state index in [0.717, 1.165) is 23.0 Å². The van der Waals surface area contributed by atoms with Gasteiger partial charge in [-0.15, -0.1) is 0 Å². The number of nitrogens with zero attached hydrogens (tertiary/aromatic N) is 1. The first-order chi connectivity index (χ1) is 16.7. The van der Waals surface area contributed by atoms with Gasteiger partial charge in [0, 0.05) is 12.6 Å². The topological polar surface area (TPSA) is 102 Å². The van der Waals surface area contributed by atoms with E-state index in [1.165, 1.54) is 31.4 Å². The van der Waals surface area contributed by atoms with Crippen molar-refractivity contribution in [2.45, 2.75) is 13.3 Å². The van der Waals surface area contributed by atoms with Gasteiger partial charge in [0.2, 0.25) is 10.0 Å². The Kier molecular flexibility index (Phi) is 6.74. The van der Waals surface area contributed by atoms with Crippen LogP contribution in [0, 0.1) is 5.82 Å². The Hall–Kier alpha value is -3.92. The van der Waals surface area contributed by atoms with E-state index in [-0.39, 0.29) is 29.1 Å². The summed E-state index contributed by atoms with van der Waals surface area (Å²) in [6.45, 7) is 1.66. The molecular weight excluding hydrogens is 475 g/mol. The van der Waals surface area contributed by atoms with E-state index in [0.29, 0.717) is 11.5 Å². The number of imide groups is 1. The number of sulfonamides is 1. The van der Waals surface area contributed by atoms with Gasteiger partial charge >= 0.3 is 0 Å². The number of benzene rings is 3. The van der Waals surface area contributed by atoms with Crippen LogP contribution >= 0.6 is 0 Å². The number of methoxy groups -OCH3 is 1. The molecule has 182 valence electrons. The minimum Gasteiger partial charge on any atom is -0.493 e. The molecule has 1 aliphatic rings. The number of aryl methyl sites for hydroxylation is 1. The maximum Gasteiger partial charge on any atom is 0.261 e. The van der Waals surface area contributed by atoms with Gasteiger partial charge < -0.3 is 9.47 Å². The Labute approximate surface area is 202 Å². The zero-order valence-electron chi connectivity index (χ0n) is 19.1. The molecule has 0 bridgehead atoms. The highest BCUT2D eigenvalue weighted by Gasteiger charge is 2.35. The van der Waals surface area contributed by atoms with Gasteiger partial charge in [-0.2, -0.15) is 0 Å². The van der Waals surface area contributed by atoms with E-state index < -0.39 is 33.4 Å². The molecule has 8 nitrogen and oxygen atoms in total. The normalized spacial score (nSPS) is 13.1. The average molecular weight is 499 g/mol. The Bertz CT molecular complexity index is 1370. The number of hydrogen-bond acceptors (Lipinski definition) is 6. The predicted octanol–water partition coefficient (Wildman–Crippen LogP) is 4.23. The molecule has 0 radical (unpaired) electrons. The number of hydrogen-bond donors (Lipinski definition) is 1. The van der Waals surface area contributed by atoms with Crippen LogP contribution in [0.2, 0.25) is 0 Å². The molecule has 0 aromatic heterocycles. The number of amides is 2. The minimum atomic E-state index is -3.99. The monoisotopic (exact) mass is 498 g/mol. The Morgan fingerprint density at radius 1 is 0.914 bits per heavy atom. The van der Waals surface area contributed by atoms with Crippen LogP contribution in [-0.2, 0) is 16.4 Å². The smallest absolute Gasteiger partial charge is 0.261 e. The SMILES string of the molecule is CCc1ccc(Oc2ccc(NS(=O)(=O)CCN3C(=O)c4ccccc4C3=O)cc2F)c(OC)c1. The third-order valence-corrected chi connectivity index (χ3v) is 6.79. The fourth-order valence-electron chi connectivity index (χ4n) is 3.67. The minimum absolute atomic E-state index is 0.0227. The summed E-state index contributed by atoms with van der Waals surface area (Å²) >= 11 is 0. The van der Waals surface area contributed by atoms with Gasteiger partial charge in [0.1, 0.15) is 0 Å². The predicted molar refractivity (Wildman–Crippen MR) is 128 cm³/mol. The van der Waals surface area contributed by atoms with E-state index in [1.54, 1.807) is 24.3 Å². The highest BCUT2D eigenvalue weighted by Crippen LogP contribution is 2.34. The molecule has 0 spiro atoms. The molecule has 10 heteroatoms. The lowest BCUT2D eigenvalue weighted by atomic mass is 10.1. The molecule has 35 heavy (non-hydrogen) atoms. The summed E-state index contributed by atoms with van der Waals surface area (Å²) in [7, 11) is -2.50. The van der Waals surface area contributed by atoms with Crippen molar-refractivity contribution in [3.8, 4) is 17.2 Å². The first kappa shape index (κ1) is 24.2. The number of anilines is 1. The summed E-state index contributed by atoms with van der Waals surface area (Å²) in [5, 5.41) is 0. The molecular formula is C25H23FN2O6S. The van der Waals surface area contributed by atoms with E-state index >= 15 is 0 Å². The summed E-state index contributed by atoms with van der Waals surface area (Å²) in [6.07, 6.45) is 0.798. The number of ether oxygens (including phenoxy) is 2. The third-order valence-electron chi connectivity index (χ3n) is 5.52. The van der Waals surface area contributed by atoms with Gasteiger partial charge in [0.25, 0.3) is 11.8 Å². The van der Waals surface area contributed by atoms with Crippen LogP contribution in [0.25, 0.3) is 0 Å². The van der Waals surface area contributed by atoms with E-state index in [9.17, 15) is 22.4 Å². The van der Waals surface area contributed by atoms with Crippen molar-refractivity contribution in [2.75, 3.05) is 24.1 Å². The molecule has 1 aliphatic heterocycles. The number of fused-ring (bicyclic) bond motifs is 1. The second kappa shape index (κ2) is 9.75. The van der Waals surface area contributed by atoms with Gasteiger partial charge in [0.05, 0.1) is 29.7 Å². The van der Waals surface area contributed by atoms with Crippen LogP contribution in [0.3, 0.4) is 0 Å². The summed E-state index contributed by atoms with van der Waals surface area (Å²) < 4.78 is 53.0. The lowest BCUT2D eigenvalue weighted by Crippen LogP contribution is -2.35. The quantitative estimate of drug-likeness (QED) is 0.443. The van der Waals surface area contributed by atoms with Crippen molar-refractivity contribution < 1.29 is 31.9 Å².